The van der Waals surface area contributed by atoms with Crippen LogP contribution in [0.2, 0.25) is 0 Å². The van der Waals surface area contributed by atoms with E-state index in [1.54, 1.807) is 0 Å². The van der Waals surface area contributed by atoms with Crippen LogP contribution in [0.4, 0.5) is 0 Å². The molecule has 0 radical (unpaired) electrons. The summed E-state index contributed by atoms with van der Waals surface area (Å²) in [6.45, 7) is 6.17. The van der Waals surface area contributed by atoms with Crippen LogP contribution in [0.1, 0.15) is 43.1 Å². The van der Waals surface area contributed by atoms with Crippen LogP contribution in [0.3, 0.4) is 0 Å². The molecule has 0 N–H and O–H groups in total. The molecule has 0 bridgehead atoms. The lowest BCUT2D eigenvalue weighted by Crippen LogP contribution is -2.48. The van der Waals surface area contributed by atoms with Gasteiger partial charge in [-0.25, -0.2) is 0 Å². The van der Waals surface area contributed by atoms with Crippen molar-refractivity contribution in [3.05, 3.63) is 35.4 Å². The van der Waals surface area contributed by atoms with Crippen LogP contribution in [0, 0.1) is 0 Å². The summed E-state index contributed by atoms with van der Waals surface area (Å²) in [5, 5.41) is 0. The Kier molecular flexibility index (Phi) is 4.47. The smallest absolute Gasteiger partial charge is 0.182 e. The van der Waals surface area contributed by atoms with Crippen LogP contribution in [0.5, 0.6) is 0 Å². The van der Waals surface area contributed by atoms with Crippen LogP contribution >= 0.6 is 0 Å². The molecule has 0 saturated carbocycles. The number of carbonyl (C=O) groups is 1. The first-order valence-electron chi connectivity index (χ1n) is 6.26. The van der Waals surface area contributed by atoms with Crippen molar-refractivity contribution in [1.29, 1.82) is 0 Å². The highest BCUT2D eigenvalue weighted by atomic mass is 16.1. The predicted molar refractivity (Wildman–Crippen MR) is 72.5 cm³/mol. The van der Waals surface area contributed by atoms with Crippen molar-refractivity contribution in [3.8, 4) is 0 Å². The van der Waals surface area contributed by atoms with Gasteiger partial charge in [0.05, 0.1) is 5.54 Å². The number of nitrogens with zero attached hydrogens (tertiary/aromatic N) is 1. The van der Waals surface area contributed by atoms with Crippen molar-refractivity contribution in [3.63, 3.8) is 0 Å². The monoisotopic (exact) mass is 233 g/mol. The van der Waals surface area contributed by atoms with E-state index in [9.17, 15) is 4.79 Å². The van der Waals surface area contributed by atoms with E-state index in [2.05, 4.69) is 13.8 Å². The largest absolute Gasteiger partial charge is 0.297 e. The normalized spacial score (nSPS) is 14.7. The highest BCUT2D eigenvalue weighted by molar-refractivity contribution is 6.02. The molecule has 1 rings (SSSR count). The topological polar surface area (TPSA) is 20.3 Å². The number of carbonyl (C=O) groups excluding carboxylic acids is 1. The molecule has 0 amide bonds. The minimum Gasteiger partial charge on any atom is -0.297 e. The zero-order chi connectivity index (χ0) is 13.1. The molecule has 0 fully saturated rings. The van der Waals surface area contributed by atoms with Crippen molar-refractivity contribution >= 4 is 5.78 Å². The summed E-state index contributed by atoms with van der Waals surface area (Å²) in [5.41, 5.74) is 1.66. The summed E-state index contributed by atoms with van der Waals surface area (Å²) in [5.74, 6) is 0.202. The highest BCUT2D eigenvalue weighted by Gasteiger charge is 2.33. The van der Waals surface area contributed by atoms with E-state index in [-0.39, 0.29) is 5.78 Å². The molecule has 0 aliphatic heterocycles. The number of benzene rings is 1. The second-order valence-electron chi connectivity index (χ2n) is 4.90. The standard InChI is InChI=1S/C15H23NO/c1-6-12-8-10-13(11-9-12)14(17)15(3,7-2)16(4)5/h8-11H,6-7H2,1-5H3. The molecular weight excluding hydrogens is 210 g/mol. The van der Waals surface area contributed by atoms with Crippen molar-refractivity contribution in [2.24, 2.45) is 0 Å². The van der Waals surface area contributed by atoms with Gasteiger partial charge in [-0.3, -0.25) is 9.69 Å². The predicted octanol–water partition coefficient (Wildman–Crippen LogP) is 3.16. The summed E-state index contributed by atoms with van der Waals surface area (Å²) in [6, 6.07) is 7.97. The van der Waals surface area contributed by atoms with Crippen molar-refractivity contribution < 1.29 is 4.79 Å². The molecule has 1 atom stereocenters. The quantitative estimate of drug-likeness (QED) is 0.728. The van der Waals surface area contributed by atoms with E-state index in [1.165, 1.54) is 5.56 Å². The highest BCUT2D eigenvalue weighted by Crippen LogP contribution is 2.22. The molecule has 1 aromatic rings. The van der Waals surface area contributed by atoms with Gasteiger partial charge in [0.1, 0.15) is 0 Å². The fourth-order valence-electron chi connectivity index (χ4n) is 1.88. The average Bonchev–Trinajstić information content (AvgIpc) is 2.36. The van der Waals surface area contributed by atoms with E-state index in [0.717, 1.165) is 18.4 Å². The van der Waals surface area contributed by atoms with Crippen LogP contribution < -0.4 is 0 Å². The van der Waals surface area contributed by atoms with Gasteiger partial charge in [-0.1, -0.05) is 38.1 Å². The summed E-state index contributed by atoms with van der Waals surface area (Å²) >= 11 is 0. The van der Waals surface area contributed by atoms with Gasteiger partial charge in [0.25, 0.3) is 0 Å². The maximum absolute atomic E-state index is 12.5. The zero-order valence-corrected chi connectivity index (χ0v) is 11.6. The lowest BCUT2D eigenvalue weighted by Gasteiger charge is -2.34. The maximum atomic E-state index is 12.5. The van der Waals surface area contributed by atoms with Crippen molar-refractivity contribution in [2.45, 2.75) is 39.2 Å². The van der Waals surface area contributed by atoms with Gasteiger partial charge < -0.3 is 0 Å². The molecule has 17 heavy (non-hydrogen) atoms. The Hall–Kier alpha value is -1.15. The van der Waals surface area contributed by atoms with E-state index < -0.39 is 5.54 Å². The third-order valence-corrected chi connectivity index (χ3v) is 3.79. The Labute approximate surface area is 105 Å². The maximum Gasteiger partial charge on any atom is 0.182 e. The molecule has 2 nitrogen and oxygen atoms in total. The number of aryl methyl sites for hydroxylation is 1. The van der Waals surface area contributed by atoms with Crippen molar-refractivity contribution in [1.82, 2.24) is 4.90 Å². The Morgan fingerprint density at radius 3 is 2.06 bits per heavy atom. The van der Waals surface area contributed by atoms with Crippen LogP contribution in [-0.4, -0.2) is 30.3 Å². The second-order valence-corrected chi connectivity index (χ2v) is 4.90. The SMILES string of the molecule is CCc1ccc(C(=O)C(C)(CC)N(C)C)cc1. The Morgan fingerprint density at radius 2 is 1.71 bits per heavy atom. The molecular formula is C15H23NO. The van der Waals surface area contributed by atoms with Crippen LogP contribution in [-0.2, 0) is 6.42 Å². The van der Waals surface area contributed by atoms with Gasteiger partial charge in [-0.05, 0) is 39.4 Å². The number of hydrogen-bond acceptors (Lipinski definition) is 2. The number of rotatable bonds is 5. The minimum atomic E-state index is -0.409. The third kappa shape index (κ3) is 2.75. The molecule has 0 aliphatic rings. The summed E-state index contributed by atoms with van der Waals surface area (Å²) in [6.07, 6.45) is 1.82. The van der Waals surface area contributed by atoms with Crippen LogP contribution in [0.15, 0.2) is 24.3 Å². The van der Waals surface area contributed by atoms with Gasteiger partial charge >= 0.3 is 0 Å². The first-order chi connectivity index (χ1) is 7.95. The zero-order valence-electron chi connectivity index (χ0n) is 11.6. The summed E-state index contributed by atoms with van der Waals surface area (Å²) in [7, 11) is 3.92. The van der Waals surface area contributed by atoms with Gasteiger partial charge in [-0.2, -0.15) is 0 Å². The third-order valence-electron chi connectivity index (χ3n) is 3.79. The first kappa shape index (κ1) is 13.9. The van der Waals surface area contributed by atoms with Crippen LogP contribution in [0.25, 0.3) is 0 Å². The second kappa shape index (κ2) is 5.46. The molecule has 1 aromatic carbocycles. The van der Waals surface area contributed by atoms with E-state index >= 15 is 0 Å². The fraction of sp³-hybridized carbons (Fsp3) is 0.533. The van der Waals surface area contributed by atoms with Gasteiger partial charge in [0, 0.05) is 5.56 Å². The molecule has 0 saturated heterocycles. The lowest BCUT2D eigenvalue weighted by molar-refractivity contribution is 0.0710. The van der Waals surface area contributed by atoms with Crippen molar-refractivity contribution in [2.75, 3.05) is 14.1 Å². The number of hydrogen-bond donors (Lipinski definition) is 0. The average molecular weight is 233 g/mol. The summed E-state index contributed by atoms with van der Waals surface area (Å²) in [4.78, 5) is 14.5. The molecule has 0 aliphatic carbocycles. The van der Waals surface area contributed by atoms with E-state index in [4.69, 9.17) is 0 Å². The van der Waals surface area contributed by atoms with Gasteiger partial charge in [-0.15, -0.1) is 0 Å². The molecule has 0 heterocycles. The molecule has 0 spiro atoms. The molecule has 1 unspecified atom stereocenters. The fourth-order valence-corrected chi connectivity index (χ4v) is 1.88. The number of likely N-dealkylation sites (N-methyl/N-ethyl adjacent to an activating group) is 1. The molecule has 94 valence electrons. The molecule has 2 heteroatoms. The Bertz CT molecular complexity index is 380. The lowest BCUT2D eigenvalue weighted by atomic mass is 9.87. The minimum absolute atomic E-state index is 0.202. The Morgan fingerprint density at radius 1 is 1.18 bits per heavy atom. The van der Waals surface area contributed by atoms with Gasteiger partial charge in [0.2, 0.25) is 0 Å². The number of ketones is 1. The van der Waals surface area contributed by atoms with E-state index in [0.29, 0.717) is 0 Å². The van der Waals surface area contributed by atoms with E-state index in [1.807, 2.05) is 50.2 Å². The molecule has 0 aromatic heterocycles. The Balaban J connectivity index is 3.02. The first-order valence-corrected chi connectivity index (χ1v) is 6.26. The van der Waals surface area contributed by atoms with Gasteiger partial charge in [0.15, 0.2) is 5.78 Å². The summed E-state index contributed by atoms with van der Waals surface area (Å²) < 4.78 is 0. The number of Topliss-reactive ketones (excluding diaryl/α,β-unsaturated/α-hetero) is 1.